The number of quaternary nitrogens is 1. The van der Waals surface area contributed by atoms with Crippen LogP contribution < -0.4 is 15.4 Å². The van der Waals surface area contributed by atoms with Crippen molar-refractivity contribution < 1.29 is 22.5 Å². The van der Waals surface area contributed by atoms with Gasteiger partial charge in [-0.25, -0.2) is 0 Å². The summed E-state index contributed by atoms with van der Waals surface area (Å²) in [5.74, 6) is -0.567. The smallest absolute Gasteiger partial charge is 0.306 e. The number of carbonyl (C=O) groups excluding carboxylic acids is 2. The molecule has 1 heterocycles. The molecule has 1 unspecified atom stereocenters. The molecule has 0 radical (unpaired) electrons. The van der Waals surface area contributed by atoms with E-state index in [1.807, 2.05) is 26.1 Å². The molecular formula is C17H26N5O4S2+. The molecule has 2 amide bonds. The Balaban J connectivity index is 2.66. The highest BCUT2D eigenvalue weighted by molar-refractivity contribution is 8.11. The van der Waals surface area contributed by atoms with Gasteiger partial charge in [0, 0.05) is 30.6 Å². The van der Waals surface area contributed by atoms with Crippen molar-refractivity contribution in [3.05, 3.63) is 35.4 Å². The first-order valence-corrected chi connectivity index (χ1v) is 10.7. The van der Waals surface area contributed by atoms with E-state index in [0.717, 1.165) is 17.5 Å². The van der Waals surface area contributed by atoms with E-state index < -0.39 is 27.2 Å². The number of imide groups is 1. The average molecular weight is 429 g/mol. The van der Waals surface area contributed by atoms with Crippen LogP contribution in [0.1, 0.15) is 11.1 Å². The summed E-state index contributed by atoms with van der Waals surface area (Å²) >= 11 is 0.751. The van der Waals surface area contributed by atoms with E-state index in [9.17, 15) is 18.0 Å². The lowest BCUT2D eigenvalue weighted by Gasteiger charge is -2.50. The van der Waals surface area contributed by atoms with E-state index in [0.29, 0.717) is 31.7 Å². The van der Waals surface area contributed by atoms with Crippen LogP contribution >= 0.6 is 11.9 Å². The fraction of sp³-hybridized carbons (Fsp3) is 0.529. The minimum absolute atomic E-state index is 0.229. The molecule has 28 heavy (non-hydrogen) atoms. The number of likely N-dealkylation sites (N-methyl/N-ethyl adjacent to an activating group) is 1. The van der Waals surface area contributed by atoms with Gasteiger partial charge in [0.1, 0.15) is 6.54 Å². The maximum absolute atomic E-state index is 13.5. The molecular weight excluding hydrogens is 402 g/mol. The monoisotopic (exact) mass is 428 g/mol. The fourth-order valence-electron chi connectivity index (χ4n) is 3.58. The number of rotatable bonds is 6. The molecule has 0 spiro atoms. The Morgan fingerprint density at radius 2 is 1.86 bits per heavy atom. The standard InChI is InChI=1S/C17H25N5O4S2/c1-13-4-6-14(7-5-13)17(12-20-28(25)26,15(23)21-16(24)27-18-2)22(3)10-8-19-9-11-22/h4-7,18-19H,8-12H2,1-3H3/p+1. The maximum atomic E-state index is 13.5. The number of carbonyl (C=O) groups is 2. The van der Waals surface area contributed by atoms with Gasteiger partial charge in [0.25, 0.3) is 5.91 Å². The SMILES string of the molecule is CNSC(=O)NC(=O)C(CN=S(=O)=O)(c1ccc(C)cc1)[N+]1(C)CCNCC1. The highest BCUT2D eigenvalue weighted by atomic mass is 32.2. The summed E-state index contributed by atoms with van der Waals surface area (Å²) in [5.41, 5.74) is 0.267. The predicted molar refractivity (Wildman–Crippen MR) is 108 cm³/mol. The number of piperazine rings is 1. The molecule has 1 saturated heterocycles. The zero-order valence-corrected chi connectivity index (χ0v) is 17.8. The molecule has 1 aromatic rings. The number of aryl methyl sites for hydroxylation is 1. The number of nitrogens with one attached hydrogen (secondary N) is 3. The second-order valence-corrected chi connectivity index (χ2v) is 8.55. The van der Waals surface area contributed by atoms with Crippen LogP contribution in [-0.2, 0) is 20.8 Å². The molecule has 0 bridgehead atoms. The van der Waals surface area contributed by atoms with Gasteiger partial charge >= 0.3 is 15.7 Å². The second-order valence-electron chi connectivity index (χ2n) is 6.87. The Kier molecular flexibility index (Phi) is 7.72. The molecule has 154 valence electrons. The predicted octanol–water partition coefficient (Wildman–Crippen LogP) is 0.407. The molecule has 1 fully saturated rings. The van der Waals surface area contributed by atoms with E-state index >= 15 is 0 Å². The first-order chi connectivity index (χ1) is 13.2. The van der Waals surface area contributed by atoms with Crippen LogP contribution in [0.15, 0.2) is 28.6 Å². The third-order valence-corrected chi connectivity index (χ3v) is 6.03. The number of amides is 2. The lowest BCUT2D eigenvalue weighted by molar-refractivity contribution is -0.956. The van der Waals surface area contributed by atoms with Crippen molar-refractivity contribution in [2.45, 2.75) is 12.5 Å². The number of hydrogen-bond acceptors (Lipinski definition) is 8. The van der Waals surface area contributed by atoms with Crippen LogP contribution in [0.3, 0.4) is 0 Å². The molecule has 9 nitrogen and oxygen atoms in total. The second kappa shape index (κ2) is 9.61. The third kappa shape index (κ3) is 4.78. The quantitative estimate of drug-likeness (QED) is 0.444. The van der Waals surface area contributed by atoms with Crippen molar-refractivity contribution in [3.8, 4) is 0 Å². The summed E-state index contributed by atoms with van der Waals surface area (Å²) in [6.45, 7) is 4.13. The molecule has 3 N–H and O–H groups in total. The van der Waals surface area contributed by atoms with Crippen molar-refractivity contribution in [1.29, 1.82) is 0 Å². The van der Waals surface area contributed by atoms with Crippen LogP contribution in [0.4, 0.5) is 4.79 Å². The first kappa shape index (κ1) is 22.5. The van der Waals surface area contributed by atoms with Gasteiger partial charge in [-0.15, -0.1) is 0 Å². The normalized spacial score (nSPS) is 18.0. The number of hydrogen-bond donors (Lipinski definition) is 3. The molecule has 11 heteroatoms. The van der Waals surface area contributed by atoms with Crippen LogP contribution in [0.25, 0.3) is 0 Å². The van der Waals surface area contributed by atoms with E-state index in [4.69, 9.17) is 0 Å². The van der Waals surface area contributed by atoms with Gasteiger partial charge in [0.15, 0.2) is 0 Å². The first-order valence-electron chi connectivity index (χ1n) is 8.83. The lowest BCUT2D eigenvalue weighted by atomic mass is 9.83. The maximum Gasteiger partial charge on any atom is 0.311 e. The lowest BCUT2D eigenvalue weighted by Crippen LogP contribution is -2.72. The summed E-state index contributed by atoms with van der Waals surface area (Å²) in [6.07, 6.45) is 0. The molecule has 2 rings (SSSR count). The Morgan fingerprint density at radius 1 is 1.25 bits per heavy atom. The van der Waals surface area contributed by atoms with Gasteiger partial charge in [-0.2, -0.15) is 12.8 Å². The van der Waals surface area contributed by atoms with Crippen molar-refractivity contribution >= 4 is 33.6 Å². The summed E-state index contributed by atoms with van der Waals surface area (Å²) < 4.78 is 29.1. The van der Waals surface area contributed by atoms with Gasteiger partial charge in [0.2, 0.25) is 5.54 Å². The van der Waals surface area contributed by atoms with Gasteiger partial charge in [0.05, 0.1) is 20.1 Å². The van der Waals surface area contributed by atoms with E-state index in [1.54, 1.807) is 19.2 Å². The third-order valence-electron chi connectivity index (χ3n) is 5.20. The molecule has 0 aromatic heterocycles. The fourth-order valence-corrected chi connectivity index (χ4v) is 4.20. The Morgan fingerprint density at radius 3 is 2.39 bits per heavy atom. The molecule has 0 saturated carbocycles. The largest absolute Gasteiger partial charge is 0.311 e. The van der Waals surface area contributed by atoms with Crippen molar-refractivity contribution in [2.75, 3.05) is 46.8 Å². The molecule has 1 aliphatic heterocycles. The van der Waals surface area contributed by atoms with Gasteiger partial charge in [-0.3, -0.25) is 19.6 Å². The van der Waals surface area contributed by atoms with Gasteiger partial charge in [-0.1, -0.05) is 29.8 Å². The minimum atomic E-state index is -2.68. The minimum Gasteiger partial charge on any atom is -0.306 e. The zero-order chi connectivity index (χ0) is 20.8. The van der Waals surface area contributed by atoms with Crippen molar-refractivity contribution in [2.24, 2.45) is 4.36 Å². The topological polar surface area (TPSA) is 117 Å². The average Bonchev–Trinajstić information content (AvgIpc) is 2.64. The molecule has 0 aliphatic carbocycles. The van der Waals surface area contributed by atoms with Crippen LogP contribution in [0, 0.1) is 6.92 Å². The van der Waals surface area contributed by atoms with Gasteiger partial charge in [-0.05, 0) is 14.0 Å². The summed E-state index contributed by atoms with van der Waals surface area (Å²) in [4.78, 5) is 25.6. The molecule has 1 atom stereocenters. The van der Waals surface area contributed by atoms with Gasteiger partial charge < -0.3 is 9.80 Å². The number of nitrogens with zero attached hydrogens (tertiary/aromatic N) is 2. The van der Waals surface area contributed by atoms with Crippen molar-refractivity contribution in [1.82, 2.24) is 15.4 Å². The number of benzene rings is 1. The highest BCUT2D eigenvalue weighted by Gasteiger charge is 2.57. The molecule has 1 aliphatic rings. The highest BCUT2D eigenvalue weighted by Crippen LogP contribution is 2.36. The van der Waals surface area contributed by atoms with Crippen LogP contribution in [0.5, 0.6) is 0 Å². The summed E-state index contributed by atoms with van der Waals surface area (Å²) in [7, 11) is 0.795. The zero-order valence-electron chi connectivity index (χ0n) is 16.2. The van der Waals surface area contributed by atoms with Crippen molar-refractivity contribution in [3.63, 3.8) is 0 Å². The Hall–Kier alpha value is -1.79. The van der Waals surface area contributed by atoms with E-state index in [1.165, 1.54) is 0 Å². The van der Waals surface area contributed by atoms with Crippen LogP contribution in [0.2, 0.25) is 0 Å². The van der Waals surface area contributed by atoms with E-state index in [-0.39, 0.29) is 11.0 Å². The summed E-state index contributed by atoms with van der Waals surface area (Å²) in [6, 6.07) is 7.34. The Labute approximate surface area is 170 Å². The van der Waals surface area contributed by atoms with E-state index in [2.05, 4.69) is 19.7 Å². The van der Waals surface area contributed by atoms with Crippen LogP contribution in [-0.4, -0.2) is 70.9 Å². The summed E-state index contributed by atoms with van der Waals surface area (Å²) in [5, 5.41) is 5.10. The Bertz CT molecular complexity index is 843. The molecule has 1 aromatic carbocycles.